The molecule has 0 saturated carbocycles. The van der Waals surface area contributed by atoms with E-state index in [4.69, 9.17) is 0 Å². The van der Waals surface area contributed by atoms with Crippen LogP contribution >= 0.6 is 0 Å². The Hall–Kier alpha value is -1.58. The normalized spacial score (nSPS) is 10.5. The zero-order chi connectivity index (χ0) is 9.40. The Bertz CT molecular complexity index is 191. The third kappa shape index (κ3) is 4.27. The molecule has 0 amide bonds. The molecule has 0 aromatic rings. The molecule has 0 aliphatic rings. The average Bonchev–Trinajstić information content (AvgIpc) is 2.10. The highest BCUT2D eigenvalue weighted by Gasteiger charge is 2.14. The van der Waals surface area contributed by atoms with Crippen molar-refractivity contribution in [1.29, 1.82) is 0 Å². The SMILES string of the molecule is CC=COC(=O)C(=O)OC=CC. The van der Waals surface area contributed by atoms with E-state index in [9.17, 15) is 9.59 Å². The quantitative estimate of drug-likeness (QED) is 0.354. The van der Waals surface area contributed by atoms with Crippen LogP contribution in [0.15, 0.2) is 24.7 Å². The lowest BCUT2D eigenvalue weighted by atomic mass is 10.6. The standard InChI is InChI=1S/C8H10O4/c1-3-5-11-7(9)8(10)12-6-4-2/h3-6H,1-2H3. The van der Waals surface area contributed by atoms with Crippen LogP contribution in [0.3, 0.4) is 0 Å². The fourth-order valence-electron chi connectivity index (χ4n) is 0.356. The summed E-state index contributed by atoms with van der Waals surface area (Å²) in [5, 5.41) is 0. The van der Waals surface area contributed by atoms with Crippen LogP contribution in [-0.2, 0) is 19.1 Å². The maximum absolute atomic E-state index is 10.6. The highest BCUT2D eigenvalue weighted by atomic mass is 16.6. The van der Waals surface area contributed by atoms with E-state index < -0.39 is 11.9 Å². The summed E-state index contributed by atoms with van der Waals surface area (Å²) in [6.45, 7) is 3.31. The van der Waals surface area contributed by atoms with Crippen LogP contribution in [0.4, 0.5) is 0 Å². The molecule has 0 rings (SSSR count). The molecule has 0 unspecified atom stereocenters. The van der Waals surface area contributed by atoms with Crippen LogP contribution in [-0.4, -0.2) is 11.9 Å². The second-order valence-corrected chi connectivity index (χ2v) is 1.75. The summed E-state index contributed by atoms with van der Waals surface area (Å²) in [5.74, 6) is -2.07. The van der Waals surface area contributed by atoms with Crippen LogP contribution in [0.5, 0.6) is 0 Å². The summed E-state index contributed by atoms with van der Waals surface area (Å²) in [5.41, 5.74) is 0. The second-order valence-electron chi connectivity index (χ2n) is 1.75. The van der Waals surface area contributed by atoms with Gasteiger partial charge in [0, 0.05) is 0 Å². The van der Waals surface area contributed by atoms with Crippen molar-refractivity contribution in [3.8, 4) is 0 Å². The summed E-state index contributed by atoms with van der Waals surface area (Å²) < 4.78 is 8.64. The van der Waals surface area contributed by atoms with Crippen molar-refractivity contribution in [3.05, 3.63) is 24.7 Å². The molecule has 0 saturated heterocycles. The molecular formula is C8H10O4. The molecule has 0 aliphatic carbocycles. The molecule has 66 valence electrons. The smallest absolute Gasteiger partial charge is 0.422 e. The minimum atomic E-state index is -1.04. The van der Waals surface area contributed by atoms with E-state index in [1.165, 1.54) is 12.2 Å². The highest BCUT2D eigenvalue weighted by Crippen LogP contribution is 1.86. The molecule has 0 aliphatic heterocycles. The maximum atomic E-state index is 10.6. The van der Waals surface area contributed by atoms with Gasteiger partial charge < -0.3 is 9.47 Å². The van der Waals surface area contributed by atoms with Crippen molar-refractivity contribution in [1.82, 2.24) is 0 Å². The Balaban J connectivity index is 3.85. The molecule has 0 heterocycles. The Morgan fingerprint density at radius 3 is 1.50 bits per heavy atom. The number of rotatable bonds is 2. The number of carbonyl (C=O) groups excluding carboxylic acids is 2. The largest absolute Gasteiger partial charge is 0.426 e. The van der Waals surface area contributed by atoms with Crippen LogP contribution in [0, 0.1) is 0 Å². The first-order valence-electron chi connectivity index (χ1n) is 3.36. The fraction of sp³-hybridized carbons (Fsp3) is 0.250. The van der Waals surface area contributed by atoms with Gasteiger partial charge in [0.15, 0.2) is 0 Å². The van der Waals surface area contributed by atoms with Crippen molar-refractivity contribution in [3.63, 3.8) is 0 Å². The van der Waals surface area contributed by atoms with Gasteiger partial charge in [-0.25, -0.2) is 9.59 Å². The van der Waals surface area contributed by atoms with Crippen molar-refractivity contribution in [2.45, 2.75) is 13.8 Å². The molecule has 4 heteroatoms. The van der Waals surface area contributed by atoms with E-state index >= 15 is 0 Å². The lowest BCUT2D eigenvalue weighted by Crippen LogP contribution is -2.15. The number of hydrogen-bond donors (Lipinski definition) is 0. The Labute approximate surface area is 70.5 Å². The molecular weight excluding hydrogens is 160 g/mol. The fourth-order valence-corrected chi connectivity index (χ4v) is 0.356. The summed E-state index contributed by atoms with van der Waals surface area (Å²) in [7, 11) is 0. The van der Waals surface area contributed by atoms with Crippen molar-refractivity contribution >= 4 is 11.9 Å². The molecule has 0 aromatic carbocycles. The predicted molar refractivity (Wildman–Crippen MR) is 41.8 cm³/mol. The zero-order valence-electron chi connectivity index (χ0n) is 6.94. The summed E-state index contributed by atoms with van der Waals surface area (Å²) >= 11 is 0. The minimum Gasteiger partial charge on any atom is -0.426 e. The maximum Gasteiger partial charge on any atom is 0.422 e. The second kappa shape index (κ2) is 6.15. The predicted octanol–water partition coefficient (Wildman–Crippen LogP) is 1.14. The number of hydrogen-bond acceptors (Lipinski definition) is 4. The van der Waals surface area contributed by atoms with Gasteiger partial charge >= 0.3 is 11.9 Å². The van der Waals surface area contributed by atoms with E-state index in [1.54, 1.807) is 13.8 Å². The van der Waals surface area contributed by atoms with E-state index in [0.717, 1.165) is 12.5 Å². The summed E-state index contributed by atoms with van der Waals surface area (Å²) in [4.78, 5) is 21.3. The first kappa shape index (κ1) is 10.4. The lowest BCUT2D eigenvalue weighted by Gasteiger charge is -1.95. The minimum absolute atomic E-state index is 1.04. The number of esters is 2. The molecule has 12 heavy (non-hydrogen) atoms. The third-order valence-corrected chi connectivity index (χ3v) is 0.789. The van der Waals surface area contributed by atoms with Crippen LogP contribution in [0.2, 0.25) is 0 Å². The van der Waals surface area contributed by atoms with Crippen LogP contribution in [0.1, 0.15) is 13.8 Å². The monoisotopic (exact) mass is 170 g/mol. The molecule has 0 aromatic heterocycles. The average molecular weight is 170 g/mol. The van der Waals surface area contributed by atoms with Crippen molar-refractivity contribution in [2.24, 2.45) is 0 Å². The third-order valence-electron chi connectivity index (χ3n) is 0.789. The van der Waals surface area contributed by atoms with Gasteiger partial charge in [-0.2, -0.15) is 0 Å². The molecule has 0 N–H and O–H groups in total. The molecule has 0 spiro atoms. The Kier molecular flexibility index (Phi) is 5.34. The van der Waals surface area contributed by atoms with Gasteiger partial charge in [-0.05, 0) is 13.8 Å². The number of ether oxygens (including phenoxy) is 2. The van der Waals surface area contributed by atoms with Gasteiger partial charge in [0.25, 0.3) is 0 Å². The van der Waals surface area contributed by atoms with E-state index in [1.807, 2.05) is 0 Å². The highest BCUT2D eigenvalue weighted by molar-refractivity contribution is 6.30. The van der Waals surface area contributed by atoms with Gasteiger partial charge in [0.1, 0.15) is 0 Å². The van der Waals surface area contributed by atoms with E-state index in [2.05, 4.69) is 9.47 Å². The van der Waals surface area contributed by atoms with E-state index in [0.29, 0.717) is 0 Å². The number of carbonyl (C=O) groups is 2. The van der Waals surface area contributed by atoms with Crippen LogP contribution in [0.25, 0.3) is 0 Å². The van der Waals surface area contributed by atoms with Crippen LogP contribution < -0.4 is 0 Å². The zero-order valence-corrected chi connectivity index (χ0v) is 6.94. The van der Waals surface area contributed by atoms with E-state index in [-0.39, 0.29) is 0 Å². The Morgan fingerprint density at radius 1 is 0.917 bits per heavy atom. The molecule has 0 fully saturated rings. The summed E-state index contributed by atoms with van der Waals surface area (Å²) in [6, 6.07) is 0. The van der Waals surface area contributed by atoms with Gasteiger partial charge in [-0.1, -0.05) is 12.2 Å². The topological polar surface area (TPSA) is 52.6 Å². The lowest BCUT2D eigenvalue weighted by molar-refractivity contribution is -0.160. The molecule has 0 atom stereocenters. The Morgan fingerprint density at radius 2 is 1.25 bits per heavy atom. The van der Waals surface area contributed by atoms with Gasteiger partial charge in [0.2, 0.25) is 0 Å². The molecule has 4 nitrogen and oxygen atoms in total. The summed E-state index contributed by atoms with van der Waals surface area (Å²) in [6.07, 6.45) is 5.19. The first-order valence-corrected chi connectivity index (χ1v) is 3.36. The van der Waals surface area contributed by atoms with Gasteiger partial charge in [0.05, 0.1) is 12.5 Å². The number of allylic oxidation sites excluding steroid dienone is 2. The first-order chi connectivity index (χ1) is 5.72. The van der Waals surface area contributed by atoms with Crippen molar-refractivity contribution in [2.75, 3.05) is 0 Å². The van der Waals surface area contributed by atoms with Crippen molar-refractivity contribution < 1.29 is 19.1 Å². The molecule has 0 radical (unpaired) electrons. The molecule has 0 bridgehead atoms. The van der Waals surface area contributed by atoms with Gasteiger partial charge in [-0.15, -0.1) is 0 Å². The van der Waals surface area contributed by atoms with Gasteiger partial charge in [-0.3, -0.25) is 0 Å².